The Bertz CT molecular complexity index is 4860. The van der Waals surface area contributed by atoms with E-state index in [1.54, 1.807) is 0 Å². The first kappa shape index (κ1) is 51.4. The summed E-state index contributed by atoms with van der Waals surface area (Å²) in [5.74, 6) is 0. The van der Waals surface area contributed by atoms with Gasteiger partial charge in [-0.2, -0.15) is 0 Å². The van der Waals surface area contributed by atoms with Gasteiger partial charge in [-0.15, -0.1) is 0 Å². The molecule has 3 aliphatic rings. The molecular formula is C83H65N3. The molecule has 13 aromatic carbocycles. The summed E-state index contributed by atoms with van der Waals surface area (Å²) >= 11 is 0. The molecule has 0 unspecified atom stereocenters. The van der Waals surface area contributed by atoms with Gasteiger partial charge in [-0.05, 0) is 196 Å². The monoisotopic (exact) mass is 1100 g/mol. The van der Waals surface area contributed by atoms with Crippen molar-refractivity contribution in [1.82, 2.24) is 0 Å². The van der Waals surface area contributed by atoms with Crippen LogP contribution in [0.3, 0.4) is 0 Å². The Balaban J connectivity index is 0.880. The van der Waals surface area contributed by atoms with Gasteiger partial charge in [0.2, 0.25) is 0 Å². The third-order valence-electron chi connectivity index (χ3n) is 19.4. The van der Waals surface area contributed by atoms with E-state index in [0.29, 0.717) is 0 Å². The molecule has 0 aromatic heterocycles. The van der Waals surface area contributed by atoms with Crippen molar-refractivity contribution in [1.29, 1.82) is 0 Å². The van der Waals surface area contributed by atoms with Gasteiger partial charge in [-0.25, -0.2) is 0 Å². The van der Waals surface area contributed by atoms with Crippen LogP contribution in [0.1, 0.15) is 74.9 Å². The van der Waals surface area contributed by atoms with Crippen LogP contribution in [-0.2, 0) is 16.2 Å². The highest BCUT2D eigenvalue weighted by Crippen LogP contribution is 2.57. The maximum Gasteiger partial charge on any atom is 0.0482 e. The van der Waals surface area contributed by atoms with Gasteiger partial charge in [0.1, 0.15) is 0 Å². The van der Waals surface area contributed by atoms with E-state index >= 15 is 0 Å². The van der Waals surface area contributed by atoms with Crippen molar-refractivity contribution in [2.24, 2.45) is 0 Å². The predicted octanol–water partition coefficient (Wildman–Crippen LogP) is 23.0. The summed E-state index contributed by atoms with van der Waals surface area (Å²) in [6.07, 6.45) is 0. The van der Waals surface area contributed by atoms with Crippen molar-refractivity contribution >= 4 is 72.7 Å². The van der Waals surface area contributed by atoms with Crippen LogP contribution in [0.25, 0.3) is 66.1 Å². The molecule has 0 bridgehead atoms. The van der Waals surface area contributed by atoms with E-state index in [4.69, 9.17) is 0 Å². The van der Waals surface area contributed by atoms with Crippen LogP contribution >= 0.6 is 0 Å². The molecule has 412 valence electrons. The highest BCUT2D eigenvalue weighted by atomic mass is 15.2. The molecule has 3 heteroatoms. The van der Waals surface area contributed by atoms with Crippen LogP contribution in [0.15, 0.2) is 285 Å². The lowest BCUT2D eigenvalue weighted by Gasteiger charge is -2.32. The Morgan fingerprint density at radius 2 is 0.570 bits per heavy atom. The number of benzene rings is 13. The number of hydrogen-bond donors (Lipinski definition) is 0. The molecule has 0 radical (unpaired) electrons. The van der Waals surface area contributed by atoms with Crippen molar-refractivity contribution in [3.05, 3.63) is 318 Å². The topological polar surface area (TPSA) is 9.72 Å². The van der Waals surface area contributed by atoms with E-state index in [2.05, 4.69) is 341 Å². The number of para-hydroxylation sites is 1. The first-order valence-electron chi connectivity index (χ1n) is 30.3. The van der Waals surface area contributed by atoms with E-state index in [1.165, 1.54) is 99.4 Å². The molecular weight excluding hydrogens is 1040 g/mol. The fraction of sp³-hybridized carbons (Fsp3) is 0.108. The molecule has 0 fully saturated rings. The minimum absolute atomic E-state index is 0.0996. The van der Waals surface area contributed by atoms with Crippen molar-refractivity contribution in [2.45, 2.75) is 57.8 Å². The number of rotatable bonds is 10. The zero-order chi connectivity index (χ0) is 58.1. The zero-order valence-corrected chi connectivity index (χ0v) is 49.5. The van der Waals surface area contributed by atoms with Crippen molar-refractivity contribution in [2.75, 3.05) is 14.7 Å². The maximum atomic E-state index is 2.48. The van der Waals surface area contributed by atoms with Crippen LogP contribution in [0.5, 0.6) is 0 Å². The molecule has 3 nitrogen and oxygen atoms in total. The van der Waals surface area contributed by atoms with Gasteiger partial charge < -0.3 is 14.7 Å². The van der Waals surface area contributed by atoms with Gasteiger partial charge in [0.15, 0.2) is 0 Å². The average molecular weight is 1100 g/mol. The highest BCUT2D eigenvalue weighted by Gasteiger charge is 2.40. The average Bonchev–Trinajstić information content (AvgIpc) is 1.59. The fourth-order valence-electron chi connectivity index (χ4n) is 15.2. The van der Waals surface area contributed by atoms with Crippen molar-refractivity contribution in [3.63, 3.8) is 0 Å². The van der Waals surface area contributed by atoms with Crippen LogP contribution < -0.4 is 14.7 Å². The number of anilines is 9. The summed E-state index contributed by atoms with van der Waals surface area (Å²) in [5, 5.41) is 5.22. The molecule has 0 saturated heterocycles. The standard InChI is InChI=1S/C83H65N3/c1-81(2)75-38-20-18-34-68(75)73-51-62(45-48-76(73)81)84(56-25-11-8-12-26-56)58-27-21-29-60(49-58)86(64-43-46-69-67-33-17-19-37-74(67)82(3,4)77(69)52-64)61-30-22-28-59(50-61)85(57-41-39-55(40-42-57)54-23-9-7-10-24-54)63-44-47-72-78(53-63)83(5,6)80-71-36-16-14-32-66(71)65-31-13-15-35-70(65)79(72)80/h7-53H,1-6H3. The SMILES string of the molecule is CC1(C)c2ccccc2-c2cc(N(c3ccccc3)c3cccc(N(c4cccc(N(c5ccc(-c6ccccc6)cc5)c5ccc6c(c5)C(C)(C)c5c-6c6ccccc6c6ccccc56)c4)c4ccc5c(c4)C(C)(C)c4ccccc4-5)c3)ccc21. The summed E-state index contributed by atoms with van der Waals surface area (Å²) in [4.78, 5) is 7.37. The Kier molecular flexibility index (Phi) is 11.6. The normalized spacial score (nSPS) is 14.2. The summed E-state index contributed by atoms with van der Waals surface area (Å²) < 4.78 is 0. The number of hydrogen-bond acceptors (Lipinski definition) is 3. The van der Waals surface area contributed by atoms with Crippen molar-refractivity contribution in [3.8, 4) is 44.5 Å². The fourth-order valence-corrected chi connectivity index (χ4v) is 15.2. The first-order chi connectivity index (χ1) is 41.9. The molecule has 0 aliphatic heterocycles. The third-order valence-corrected chi connectivity index (χ3v) is 19.4. The summed E-state index contributed by atoms with van der Waals surface area (Å²) in [6.45, 7) is 14.3. The minimum atomic E-state index is -0.285. The van der Waals surface area contributed by atoms with E-state index in [-0.39, 0.29) is 16.2 Å². The largest absolute Gasteiger partial charge is 0.310 e. The van der Waals surface area contributed by atoms with Gasteiger partial charge in [-0.1, -0.05) is 230 Å². The Morgan fingerprint density at radius 1 is 0.209 bits per heavy atom. The van der Waals surface area contributed by atoms with E-state index in [1.807, 2.05) is 0 Å². The second-order valence-corrected chi connectivity index (χ2v) is 25.3. The van der Waals surface area contributed by atoms with E-state index < -0.39 is 0 Å². The lowest BCUT2D eigenvalue weighted by atomic mass is 9.79. The van der Waals surface area contributed by atoms with Crippen LogP contribution in [-0.4, -0.2) is 0 Å². The lowest BCUT2D eigenvalue weighted by molar-refractivity contribution is 0.660. The summed E-state index contributed by atoms with van der Waals surface area (Å²) in [5.41, 5.74) is 27.5. The highest BCUT2D eigenvalue weighted by molar-refractivity contribution is 6.18. The lowest BCUT2D eigenvalue weighted by Crippen LogP contribution is -2.18. The molecule has 16 rings (SSSR count). The molecule has 0 heterocycles. The summed E-state index contributed by atoms with van der Waals surface area (Å²) in [6, 6.07) is 106. The van der Waals surface area contributed by atoms with Crippen molar-refractivity contribution < 1.29 is 0 Å². The van der Waals surface area contributed by atoms with Crippen LogP contribution in [0.2, 0.25) is 0 Å². The minimum Gasteiger partial charge on any atom is -0.310 e. The second kappa shape index (κ2) is 19.4. The zero-order valence-electron chi connectivity index (χ0n) is 49.5. The molecule has 0 saturated carbocycles. The van der Waals surface area contributed by atoms with Gasteiger partial charge in [-0.3, -0.25) is 0 Å². The predicted molar refractivity (Wildman–Crippen MR) is 364 cm³/mol. The number of fused-ring (bicyclic) bond motifs is 14. The third kappa shape index (κ3) is 7.87. The Morgan fingerprint density at radius 3 is 1.17 bits per heavy atom. The molecule has 0 spiro atoms. The Labute approximate surface area is 505 Å². The van der Waals surface area contributed by atoms with E-state index in [9.17, 15) is 0 Å². The molecule has 86 heavy (non-hydrogen) atoms. The second-order valence-electron chi connectivity index (χ2n) is 25.3. The molecule has 0 atom stereocenters. The van der Waals surface area contributed by atoms with Crippen LogP contribution in [0, 0.1) is 0 Å². The first-order valence-corrected chi connectivity index (χ1v) is 30.3. The quantitative estimate of drug-likeness (QED) is 0.126. The molecule has 0 N–H and O–H groups in total. The van der Waals surface area contributed by atoms with Crippen LogP contribution in [0.4, 0.5) is 51.2 Å². The molecule has 13 aromatic rings. The summed E-state index contributed by atoms with van der Waals surface area (Å²) in [7, 11) is 0. The van der Waals surface area contributed by atoms with Gasteiger partial charge >= 0.3 is 0 Å². The maximum absolute atomic E-state index is 2.48. The number of nitrogens with zero attached hydrogens (tertiary/aromatic N) is 3. The Hall–Kier alpha value is -10.2. The van der Waals surface area contributed by atoms with Gasteiger partial charge in [0.25, 0.3) is 0 Å². The molecule has 3 aliphatic carbocycles. The van der Waals surface area contributed by atoms with Gasteiger partial charge in [0.05, 0.1) is 0 Å². The smallest absolute Gasteiger partial charge is 0.0482 e. The molecule has 0 amide bonds. The van der Waals surface area contributed by atoms with Gasteiger partial charge in [0, 0.05) is 67.4 Å². The van der Waals surface area contributed by atoms with E-state index in [0.717, 1.165) is 51.2 Å².